The van der Waals surface area contributed by atoms with Crippen LogP contribution in [0.5, 0.6) is 11.5 Å². The van der Waals surface area contributed by atoms with E-state index in [0.717, 1.165) is 0 Å². The summed E-state index contributed by atoms with van der Waals surface area (Å²) in [5.74, 6) is -0.0933. The highest BCUT2D eigenvalue weighted by Gasteiger charge is 2.32. The summed E-state index contributed by atoms with van der Waals surface area (Å²) < 4.78 is 34.6. The molecule has 1 aliphatic rings. The maximum atomic E-state index is 13.1. The van der Waals surface area contributed by atoms with Gasteiger partial charge in [0.1, 0.15) is 6.04 Å². The molecule has 0 saturated carbocycles. The molecule has 1 heterocycles. The Labute approximate surface area is 194 Å². The largest absolute Gasteiger partial charge is 0.493 e. The first-order valence-electron chi connectivity index (χ1n) is 10.6. The van der Waals surface area contributed by atoms with Gasteiger partial charge in [0.15, 0.2) is 21.3 Å². The zero-order chi connectivity index (χ0) is 24.0. The Kier molecular flexibility index (Phi) is 7.93. The summed E-state index contributed by atoms with van der Waals surface area (Å²) in [6, 6.07) is 13.1. The molecule has 1 saturated heterocycles. The lowest BCUT2D eigenvalue weighted by Crippen LogP contribution is -2.51. The lowest BCUT2D eigenvalue weighted by Gasteiger charge is -2.33. The topological polar surface area (TPSA) is 114 Å². The molecule has 2 aromatic carbocycles. The van der Waals surface area contributed by atoms with Gasteiger partial charge in [-0.25, -0.2) is 8.42 Å². The molecule has 1 aliphatic heterocycles. The number of methoxy groups -OCH3 is 1. The molecule has 0 aliphatic carbocycles. The van der Waals surface area contributed by atoms with Crippen molar-refractivity contribution >= 4 is 21.7 Å². The van der Waals surface area contributed by atoms with Crippen LogP contribution in [0.1, 0.15) is 35.8 Å². The molecule has 1 fully saturated rings. The molecule has 0 radical (unpaired) electrons. The molecule has 0 spiro atoms. The number of rotatable bonds is 7. The van der Waals surface area contributed by atoms with E-state index in [2.05, 4.69) is 10.9 Å². The minimum absolute atomic E-state index is 0.0133. The zero-order valence-electron chi connectivity index (χ0n) is 18.9. The first-order valence-corrected chi connectivity index (χ1v) is 12.5. The van der Waals surface area contributed by atoms with Crippen molar-refractivity contribution in [3.8, 4) is 11.5 Å². The van der Waals surface area contributed by atoms with Gasteiger partial charge in [-0.3, -0.25) is 25.3 Å². The van der Waals surface area contributed by atoms with Crippen molar-refractivity contribution in [2.75, 3.05) is 31.7 Å². The Morgan fingerprint density at radius 1 is 0.970 bits per heavy atom. The van der Waals surface area contributed by atoms with E-state index in [1.54, 1.807) is 29.2 Å². The molecule has 3 rings (SSSR count). The summed E-state index contributed by atoms with van der Waals surface area (Å²) in [7, 11) is -1.62. The number of ether oxygens (including phenoxy) is 2. The Bertz CT molecular complexity index is 1070. The van der Waals surface area contributed by atoms with E-state index in [-0.39, 0.29) is 36.3 Å². The fourth-order valence-corrected chi connectivity index (χ4v) is 4.80. The maximum absolute atomic E-state index is 13.1. The molecule has 178 valence electrons. The van der Waals surface area contributed by atoms with Crippen LogP contribution >= 0.6 is 0 Å². The average molecular weight is 476 g/mol. The summed E-state index contributed by atoms with van der Waals surface area (Å²) in [5.41, 5.74) is 5.91. The van der Waals surface area contributed by atoms with Gasteiger partial charge in [0, 0.05) is 18.7 Å². The van der Waals surface area contributed by atoms with Crippen molar-refractivity contribution in [1.82, 2.24) is 15.8 Å². The fraction of sp³-hybridized carbons (Fsp3) is 0.391. The third kappa shape index (κ3) is 6.45. The number of carbonyl (C=O) groups is 2. The van der Waals surface area contributed by atoms with Gasteiger partial charge in [-0.15, -0.1) is 0 Å². The molecule has 2 N–H and O–H groups in total. The van der Waals surface area contributed by atoms with Crippen LogP contribution in [-0.2, 0) is 14.6 Å². The van der Waals surface area contributed by atoms with Crippen molar-refractivity contribution in [3.63, 3.8) is 0 Å². The quantitative estimate of drug-likeness (QED) is 0.586. The zero-order valence-corrected chi connectivity index (χ0v) is 19.7. The molecule has 1 atom stereocenters. The molecular formula is C23H29N3O6S. The molecule has 10 heteroatoms. The third-order valence-corrected chi connectivity index (χ3v) is 6.80. The fourth-order valence-electron chi connectivity index (χ4n) is 3.57. The SMILES string of the molecule is COc1cc(C(=O)NNC(=O)C(c2ccccc2)N2CCS(=O)(=O)CC2)ccc1OC(C)C. The van der Waals surface area contributed by atoms with Crippen LogP contribution in [0.3, 0.4) is 0 Å². The Morgan fingerprint density at radius 2 is 1.64 bits per heavy atom. The normalized spacial score (nSPS) is 16.6. The predicted octanol–water partition coefficient (Wildman–Crippen LogP) is 1.72. The van der Waals surface area contributed by atoms with E-state index in [1.165, 1.54) is 13.2 Å². The molecule has 2 amide bonds. The molecule has 33 heavy (non-hydrogen) atoms. The van der Waals surface area contributed by atoms with E-state index in [4.69, 9.17) is 9.47 Å². The highest BCUT2D eigenvalue weighted by molar-refractivity contribution is 7.91. The van der Waals surface area contributed by atoms with Crippen molar-refractivity contribution in [3.05, 3.63) is 59.7 Å². The van der Waals surface area contributed by atoms with Crippen molar-refractivity contribution in [1.29, 1.82) is 0 Å². The average Bonchev–Trinajstić information content (AvgIpc) is 2.79. The number of nitrogens with one attached hydrogen (secondary N) is 2. The van der Waals surface area contributed by atoms with Crippen LogP contribution in [0.25, 0.3) is 0 Å². The summed E-state index contributed by atoms with van der Waals surface area (Å²) in [6.07, 6.45) is -0.0578. The number of sulfone groups is 1. The van der Waals surface area contributed by atoms with Crippen LogP contribution in [0.15, 0.2) is 48.5 Å². The Morgan fingerprint density at radius 3 is 2.24 bits per heavy atom. The van der Waals surface area contributed by atoms with Crippen LogP contribution < -0.4 is 20.3 Å². The highest BCUT2D eigenvalue weighted by atomic mass is 32.2. The van der Waals surface area contributed by atoms with Crippen molar-refractivity contribution < 1.29 is 27.5 Å². The summed E-state index contributed by atoms with van der Waals surface area (Å²) in [4.78, 5) is 27.5. The first kappa shape index (κ1) is 24.5. The van der Waals surface area contributed by atoms with Crippen LogP contribution in [-0.4, -0.2) is 62.9 Å². The van der Waals surface area contributed by atoms with Gasteiger partial charge >= 0.3 is 0 Å². The maximum Gasteiger partial charge on any atom is 0.269 e. The van der Waals surface area contributed by atoms with Gasteiger partial charge in [0.05, 0.1) is 24.7 Å². The van der Waals surface area contributed by atoms with Crippen LogP contribution in [0, 0.1) is 0 Å². The molecular weight excluding hydrogens is 446 g/mol. The minimum atomic E-state index is -3.10. The molecule has 0 aromatic heterocycles. The first-order chi connectivity index (χ1) is 15.7. The standard InChI is InChI=1S/C23H29N3O6S/c1-16(2)32-19-10-9-18(15-20(19)31-3)22(27)24-25-23(28)21(17-7-5-4-6-8-17)26-11-13-33(29,30)14-12-26/h4-10,15-16,21H,11-14H2,1-3H3,(H,24,27)(H,25,28). The minimum Gasteiger partial charge on any atom is -0.493 e. The van der Waals surface area contributed by atoms with E-state index in [0.29, 0.717) is 17.1 Å². The molecule has 1 unspecified atom stereocenters. The molecule has 0 bridgehead atoms. The smallest absolute Gasteiger partial charge is 0.269 e. The Balaban J connectivity index is 1.72. The lowest BCUT2D eigenvalue weighted by atomic mass is 10.0. The van der Waals surface area contributed by atoms with E-state index < -0.39 is 27.7 Å². The van der Waals surface area contributed by atoms with Crippen LogP contribution in [0.2, 0.25) is 0 Å². The summed E-state index contributed by atoms with van der Waals surface area (Å²) in [6.45, 7) is 4.24. The van der Waals surface area contributed by atoms with Gasteiger partial charge in [0.25, 0.3) is 11.8 Å². The number of hydrazine groups is 1. The van der Waals surface area contributed by atoms with Gasteiger partial charge in [0.2, 0.25) is 0 Å². The summed E-state index contributed by atoms with van der Waals surface area (Å²) in [5, 5.41) is 0. The van der Waals surface area contributed by atoms with Crippen molar-refractivity contribution in [2.45, 2.75) is 26.0 Å². The highest BCUT2D eigenvalue weighted by Crippen LogP contribution is 2.29. The molecule has 2 aromatic rings. The second-order valence-electron chi connectivity index (χ2n) is 7.98. The second kappa shape index (κ2) is 10.7. The van der Waals surface area contributed by atoms with E-state index in [9.17, 15) is 18.0 Å². The number of carbonyl (C=O) groups excluding carboxylic acids is 2. The number of nitrogens with zero attached hydrogens (tertiary/aromatic N) is 1. The number of benzene rings is 2. The number of hydrogen-bond acceptors (Lipinski definition) is 7. The second-order valence-corrected chi connectivity index (χ2v) is 10.3. The third-order valence-electron chi connectivity index (χ3n) is 5.20. The van der Waals surface area contributed by atoms with E-state index in [1.807, 2.05) is 32.0 Å². The van der Waals surface area contributed by atoms with Gasteiger partial charge in [-0.2, -0.15) is 0 Å². The van der Waals surface area contributed by atoms with Crippen molar-refractivity contribution in [2.24, 2.45) is 0 Å². The molecule has 9 nitrogen and oxygen atoms in total. The van der Waals surface area contributed by atoms with Gasteiger partial charge < -0.3 is 9.47 Å². The van der Waals surface area contributed by atoms with E-state index >= 15 is 0 Å². The number of hydrogen-bond donors (Lipinski definition) is 2. The van der Waals surface area contributed by atoms with Crippen LogP contribution in [0.4, 0.5) is 0 Å². The number of amides is 2. The van der Waals surface area contributed by atoms with Gasteiger partial charge in [-0.1, -0.05) is 30.3 Å². The Hall–Kier alpha value is -3.11. The lowest BCUT2D eigenvalue weighted by molar-refractivity contribution is -0.127. The summed E-state index contributed by atoms with van der Waals surface area (Å²) >= 11 is 0. The van der Waals surface area contributed by atoms with Gasteiger partial charge in [-0.05, 0) is 37.6 Å². The monoisotopic (exact) mass is 475 g/mol. The predicted molar refractivity (Wildman–Crippen MR) is 124 cm³/mol.